The number of benzene rings is 1. The summed E-state index contributed by atoms with van der Waals surface area (Å²) >= 11 is 1.21. The standard InChI is InChI=1S/C19H19N3O5S/c1-26-17(24)15-13(6-11-28-15)20-18(25)22-9-7-19(8-10-22)21-16(23)12-4-2-3-5-14(12)27-19/h2-6,11H,7-10H2,1H3,(H,20,25)(H,21,23). The van der Waals surface area contributed by atoms with Crippen LogP contribution in [-0.4, -0.2) is 48.7 Å². The molecule has 0 saturated carbocycles. The van der Waals surface area contributed by atoms with Crippen molar-refractivity contribution in [3.05, 3.63) is 46.2 Å². The number of methoxy groups -OCH3 is 1. The van der Waals surface area contributed by atoms with E-state index in [1.807, 2.05) is 6.07 Å². The van der Waals surface area contributed by atoms with E-state index in [4.69, 9.17) is 9.47 Å². The van der Waals surface area contributed by atoms with Crippen LogP contribution in [0.15, 0.2) is 35.7 Å². The van der Waals surface area contributed by atoms with E-state index in [-0.39, 0.29) is 11.9 Å². The zero-order valence-electron chi connectivity index (χ0n) is 15.2. The summed E-state index contributed by atoms with van der Waals surface area (Å²) in [7, 11) is 1.30. The molecule has 0 unspecified atom stereocenters. The average Bonchev–Trinajstić information content (AvgIpc) is 3.16. The SMILES string of the molecule is COC(=O)c1sccc1NC(=O)N1CCC2(CC1)NC(=O)c1ccccc1O2. The van der Waals surface area contributed by atoms with Gasteiger partial charge in [0.05, 0.1) is 18.4 Å². The Labute approximate surface area is 165 Å². The van der Waals surface area contributed by atoms with E-state index in [0.29, 0.717) is 47.8 Å². The fourth-order valence-corrected chi connectivity index (χ4v) is 4.17. The molecule has 1 fully saturated rings. The topological polar surface area (TPSA) is 97.0 Å². The first-order valence-corrected chi connectivity index (χ1v) is 9.72. The number of nitrogens with one attached hydrogen (secondary N) is 2. The molecule has 9 heteroatoms. The van der Waals surface area contributed by atoms with Gasteiger partial charge in [-0.25, -0.2) is 9.59 Å². The quantitative estimate of drug-likeness (QED) is 0.754. The highest BCUT2D eigenvalue weighted by atomic mass is 32.1. The number of rotatable bonds is 2. The molecule has 3 amide bonds. The van der Waals surface area contributed by atoms with Gasteiger partial charge in [-0.1, -0.05) is 12.1 Å². The van der Waals surface area contributed by atoms with Crippen LogP contribution in [0.2, 0.25) is 0 Å². The van der Waals surface area contributed by atoms with Crippen LogP contribution in [0, 0.1) is 0 Å². The fraction of sp³-hybridized carbons (Fsp3) is 0.316. The number of anilines is 1. The maximum absolute atomic E-state index is 12.6. The number of urea groups is 1. The number of nitrogens with zero attached hydrogens (tertiary/aromatic N) is 1. The Morgan fingerprint density at radius 2 is 2.00 bits per heavy atom. The molecule has 0 radical (unpaired) electrons. The maximum Gasteiger partial charge on any atom is 0.350 e. The van der Waals surface area contributed by atoms with Gasteiger partial charge in [0.2, 0.25) is 0 Å². The Morgan fingerprint density at radius 1 is 1.25 bits per heavy atom. The van der Waals surface area contributed by atoms with Gasteiger partial charge in [0, 0.05) is 25.9 Å². The van der Waals surface area contributed by atoms with E-state index in [1.54, 1.807) is 34.5 Å². The van der Waals surface area contributed by atoms with Gasteiger partial charge in [-0.2, -0.15) is 0 Å². The molecule has 28 heavy (non-hydrogen) atoms. The predicted octanol–water partition coefficient (Wildman–Crippen LogP) is 2.68. The molecular weight excluding hydrogens is 382 g/mol. The summed E-state index contributed by atoms with van der Waals surface area (Å²) in [6.07, 6.45) is 0.933. The third-order valence-electron chi connectivity index (χ3n) is 4.91. The van der Waals surface area contributed by atoms with E-state index >= 15 is 0 Å². The van der Waals surface area contributed by atoms with E-state index in [9.17, 15) is 14.4 Å². The smallest absolute Gasteiger partial charge is 0.350 e. The third kappa shape index (κ3) is 3.29. The van der Waals surface area contributed by atoms with Crippen LogP contribution in [0.5, 0.6) is 5.75 Å². The van der Waals surface area contributed by atoms with Crippen LogP contribution in [0.25, 0.3) is 0 Å². The van der Waals surface area contributed by atoms with E-state index in [2.05, 4.69) is 10.6 Å². The summed E-state index contributed by atoms with van der Waals surface area (Å²) in [4.78, 5) is 38.7. The number of likely N-dealkylation sites (tertiary alicyclic amines) is 1. The van der Waals surface area contributed by atoms with E-state index in [1.165, 1.54) is 18.4 Å². The summed E-state index contributed by atoms with van der Waals surface area (Å²) in [5.74, 6) is -0.0919. The first-order chi connectivity index (χ1) is 13.5. The summed E-state index contributed by atoms with van der Waals surface area (Å²) in [6, 6.07) is 8.48. The Morgan fingerprint density at radius 3 is 2.75 bits per heavy atom. The largest absolute Gasteiger partial charge is 0.467 e. The van der Waals surface area contributed by atoms with E-state index < -0.39 is 11.7 Å². The van der Waals surface area contributed by atoms with Crippen molar-refractivity contribution >= 4 is 34.9 Å². The highest BCUT2D eigenvalue weighted by Gasteiger charge is 2.43. The van der Waals surface area contributed by atoms with Crippen LogP contribution in [-0.2, 0) is 4.74 Å². The van der Waals surface area contributed by atoms with Crippen molar-refractivity contribution in [3.8, 4) is 5.75 Å². The van der Waals surface area contributed by atoms with Crippen molar-refractivity contribution in [1.82, 2.24) is 10.2 Å². The molecule has 1 spiro atoms. The Hall–Kier alpha value is -3.07. The molecule has 2 N–H and O–H groups in total. The molecule has 2 aromatic rings. The summed E-state index contributed by atoms with van der Waals surface area (Å²) in [5.41, 5.74) is 0.140. The predicted molar refractivity (Wildman–Crippen MR) is 103 cm³/mol. The number of esters is 1. The first-order valence-electron chi connectivity index (χ1n) is 8.84. The lowest BCUT2D eigenvalue weighted by Gasteiger charge is -2.44. The number of para-hydroxylation sites is 1. The number of hydrogen-bond acceptors (Lipinski definition) is 6. The fourth-order valence-electron chi connectivity index (χ4n) is 3.40. The Balaban J connectivity index is 1.41. The molecule has 8 nitrogen and oxygen atoms in total. The molecule has 2 aliphatic rings. The molecule has 1 saturated heterocycles. The molecular formula is C19H19N3O5S. The van der Waals surface area contributed by atoms with Gasteiger partial charge in [0.1, 0.15) is 10.6 Å². The number of thiophene rings is 1. The average molecular weight is 401 g/mol. The lowest BCUT2D eigenvalue weighted by molar-refractivity contribution is -0.0203. The summed E-state index contributed by atoms with van der Waals surface area (Å²) in [5, 5.41) is 7.42. The molecule has 3 heterocycles. The minimum absolute atomic E-state index is 0.166. The van der Waals surface area contributed by atoms with Crippen LogP contribution in [0.3, 0.4) is 0 Å². The maximum atomic E-state index is 12.6. The zero-order chi connectivity index (χ0) is 19.7. The number of ether oxygens (including phenoxy) is 2. The number of hydrogen-bond donors (Lipinski definition) is 2. The highest BCUT2D eigenvalue weighted by molar-refractivity contribution is 7.12. The van der Waals surface area contributed by atoms with Crippen LogP contribution in [0.1, 0.15) is 32.9 Å². The van der Waals surface area contributed by atoms with Gasteiger partial charge in [-0.15, -0.1) is 11.3 Å². The van der Waals surface area contributed by atoms with Gasteiger partial charge in [0.25, 0.3) is 5.91 Å². The molecule has 2 aliphatic heterocycles. The van der Waals surface area contributed by atoms with Gasteiger partial charge in [0.15, 0.2) is 5.72 Å². The monoisotopic (exact) mass is 401 g/mol. The third-order valence-corrected chi connectivity index (χ3v) is 5.81. The van der Waals surface area contributed by atoms with Crippen molar-refractivity contribution in [2.75, 3.05) is 25.5 Å². The van der Waals surface area contributed by atoms with Crippen molar-refractivity contribution in [2.24, 2.45) is 0 Å². The Kier molecular flexibility index (Phi) is 4.68. The van der Waals surface area contributed by atoms with Crippen molar-refractivity contribution in [3.63, 3.8) is 0 Å². The van der Waals surface area contributed by atoms with Gasteiger partial charge in [-0.05, 0) is 23.6 Å². The lowest BCUT2D eigenvalue weighted by Crippen LogP contribution is -2.61. The van der Waals surface area contributed by atoms with E-state index in [0.717, 1.165) is 0 Å². The van der Waals surface area contributed by atoms with Crippen molar-refractivity contribution in [2.45, 2.75) is 18.6 Å². The molecule has 0 aliphatic carbocycles. The second-order valence-electron chi connectivity index (χ2n) is 6.62. The number of carbonyl (C=O) groups is 3. The summed E-state index contributed by atoms with van der Waals surface area (Å²) in [6.45, 7) is 0.817. The van der Waals surface area contributed by atoms with Crippen LogP contribution < -0.4 is 15.4 Å². The van der Waals surface area contributed by atoms with Gasteiger partial charge in [-0.3, -0.25) is 4.79 Å². The first kappa shape index (κ1) is 18.3. The molecule has 146 valence electrons. The molecule has 1 aromatic heterocycles. The van der Waals surface area contributed by atoms with Crippen LogP contribution >= 0.6 is 11.3 Å². The molecule has 1 aromatic carbocycles. The normalized spacial score (nSPS) is 17.3. The zero-order valence-corrected chi connectivity index (χ0v) is 16.0. The minimum atomic E-state index is -0.804. The second kappa shape index (κ2) is 7.16. The Bertz CT molecular complexity index is 933. The van der Waals surface area contributed by atoms with Gasteiger partial charge >= 0.3 is 12.0 Å². The van der Waals surface area contributed by atoms with Crippen molar-refractivity contribution in [1.29, 1.82) is 0 Å². The minimum Gasteiger partial charge on any atom is -0.467 e. The number of piperidine rings is 1. The highest BCUT2D eigenvalue weighted by Crippen LogP contribution is 2.33. The van der Waals surface area contributed by atoms with Crippen LogP contribution in [0.4, 0.5) is 10.5 Å². The second-order valence-corrected chi connectivity index (χ2v) is 7.53. The summed E-state index contributed by atoms with van der Waals surface area (Å²) < 4.78 is 10.8. The molecule has 0 bridgehead atoms. The number of amides is 3. The molecule has 0 atom stereocenters. The van der Waals surface area contributed by atoms with Gasteiger partial charge < -0.3 is 25.0 Å². The number of carbonyl (C=O) groups excluding carboxylic acids is 3. The van der Waals surface area contributed by atoms with Crippen molar-refractivity contribution < 1.29 is 23.9 Å². The number of fused-ring (bicyclic) bond motifs is 1. The molecule has 4 rings (SSSR count). The lowest BCUT2D eigenvalue weighted by atomic mass is 9.97.